The summed E-state index contributed by atoms with van der Waals surface area (Å²) in [5, 5.41) is 5.58. The highest BCUT2D eigenvalue weighted by Crippen LogP contribution is 2.42. The summed E-state index contributed by atoms with van der Waals surface area (Å²) in [6.45, 7) is 6.26. The summed E-state index contributed by atoms with van der Waals surface area (Å²) in [5.41, 5.74) is 7.18. The van der Waals surface area contributed by atoms with Crippen molar-refractivity contribution in [3.63, 3.8) is 0 Å². The fourth-order valence-corrected chi connectivity index (χ4v) is 3.44. The monoisotopic (exact) mass is 341 g/mol. The molecule has 0 saturated heterocycles. The number of anilines is 1. The SMILES string of the molecule is Cc1cc2c(o1)CC(C)(C)CC2NC(=O)c1cccc(NC(N)=O)c1. The van der Waals surface area contributed by atoms with Gasteiger partial charge in [-0.2, -0.15) is 0 Å². The molecule has 0 aliphatic heterocycles. The Bertz CT molecular complexity index is 823. The summed E-state index contributed by atoms with van der Waals surface area (Å²) in [6, 6.07) is 7.94. The third kappa shape index (κ3) is 3.84. The van der Waals surface area contributed by atoms with E-state index >= 15 is 0 Å². The number of amides is 3. The molecule has 3 amide bonds. The molecule has 0 bridgehead atoms. The molecule has 1 aliphatic rings. The molecule has 1 heterocycles. The highest BCUT2D eigenvalue weighted by molar-refractivity contribution is 5.96. The van der Waals surface area contributed by atoms with Gasteiger partial charge in [0.1, 0.15) is 11.5 Å². The number of hydrogen-bond donors (Lipinski definition) is 3. The van der Waals surface area contributed by atoms with E-state index in [0.29, 0.717) is 11.3 Å². The molecule has 1 unspecified atom stereocenters. The van der Waals surface area contributed by atoms with Gasteiger partial charge >= 0.3 is 6.03 Å². The lowest BCUT2D eigenvalue weighted by atomic mass is 9.74. The van der Waals surface area contributed by atoms with Crippen LogP contribution in [0.2, 0.25) is 0 Å². The van der Waals surface area contributed by atoms with Gasteiger partial charge in [0.2, 0.25) is 0 Å². The van der Waals surface area contributed by atoms with Crippen LogP contribution in [0.4, 0.5) is 10.5 Å². The topological polar surface area (TPSA) is 97.4 Å². The number of fused-ring (bicyclic) bond motifs is 1. The fraction of sp³-hybridized carbons (Fsp3) is 0.368. The van der Waals surface area contributed by atoms with Crippen LogP contribution < -0.4 is 16.4 Å². The molecule has 4 N–H and O–H groups in total. The molecule has 1 aromatic heterocycles. The van der Waals surface area contributed by atoms with Crippen molar-refractivity contribution in [2.45, 2.75) is 39.7 Å². The number of hydrogen-bond acceptors (Lipinski definition) is 3. The van der Waals surface area contributed by atoms with Crippen LogP contribution in [0.1, 0.15) is 53.8 Å². The minimum atomic E-state index is -0.662. The number of urea groups is 1. The van der Waals surface area contributed by atoms with E-state index in [-0.39, 0.29) is 17.4 Å². The van der Waals surface area contributed by atoms with Crippen LogP contribution in [0.25, 0.3) is 0 Å². The zero-order chi connectivity index (χ0) is 18.2. The Hall–Kier alpha value is -2.76. The van der Waals surface area contributed by atoms with E-state index in [2.05, 4.69) is 24.5 Å². The summed E-state index contributed by atoms with van der Waals surface area (Å²) in [7, 11) is 0. The molecule has 0 saturated carbocycles. The van der Waals surface area contributed by atoms with Gasteiger partial charge in [-0.25, -0.2) is 4.79 Å². The summed E-state index contributed by atoms with van der Waals surface area (Å²) >= 11 is 0. The Morgan fingerprint density at radius 1 is 1.28 bits per heavy atom. The highest BCUT2D eigenvalue weighted by atomic mass is 16.3. The predicted molar refractivity (Wildman–Crippen MR) is 95.4 cm³/mol. The van der Waals surface area contributed by atoms with Gasteiger partial charge in [-0.3, -0.25) is 4.79 Å². The Labute approximate surface area is 146 Å². The van der Waals surface area contributed by atoms with E-state index in [1.807, 2.05) is 13.0 Å². The number of benzene rings is 1. The molecule has 0 fully saturated rings. The lowest BCUT2D eigenvalue weighted by Crippen LogP contribution is -2.36. The molecule has 1 aromatic carbocycles. The van der Waals surface area contributed by atoms with Gasteiger partial charge in [0.05, 0.1) is 6.04 Å². The van der Waals surface area contributed by atoms with E-state index < -0.39 is 6.03 Å². The summed E-state index contributed by atoms with van der Waals surface area (Å²) in [4.78, 5) is 23.7. The van der Waals surface area contributed by atoms with Crippen molar-refractivity contribution in [3.8, 4) is 0 Å². The van der Waals surface area contributed by atoms with Crippen LogP contribution in [0, 0.1) is 12.3 Å². The fourth-order valence-electron chi connectivity index (χ4n) is 3.44. The van der Waals surface area contributed by atoms with Gasteiger partial charge in [0, 0.05) is 23.2 Å². The molecular formula is C19H23N3O3. The molecule has 25 heavy (non-hydrogen) atoms. The van der Waals surface area contributed by atoms with Crippen molar-refractivity contribution in [2.75, 3.05) is 5.32 Å². The normalized spacial score (nSPS) is 18.3. The van der Waals surface area contributed by atoms with E-state index in [0.717, 1.165) is 29.9 Å². The number of aryl methyl sites for hydroxylation is 1. The van der Waals surface area contributed by atoms with Crippen LogP contribution in [-0.4, -0.2) is 11.9 Å². The zero-order valence-corrected chi connectivity index (χ0v) is 14.7. The maximum Gasteiger partial charge on any atom is 0.316 e. The maximum atomic E-state index is 12.7. The summed E-state index contributed by atoms with van der Waals surface area (Å²) in [5.74, 6) is 1.61. The van der Waals surface area contributed by atoms with Gasteiger partial charge < -0.3 is 20.8 Å². The molecule has 132 valence electrons. The summed E-state index contributed by atoms with van der Waals surface area (Å²) < 4.78 is 5.81. The minimum Gasteiger partial charge on any atom is -0.466 e. The first-order chi connectivity index (χ1) is 11.7. The second-order valence-corrected chi connectivity index (χ2v) is 7.38. The third-order valence-electron chi connectivity index (χ3n) is 4.43. The van der Waals surface area contributed by atoms with E-state index in [1.165, 1.54) is 0 Å². The van der Waals surface area contributed by atoms with E-state index in [4.69, 9.17) is 10.2 Å². The molecule has 1 aliphatic carbocycles. The van der Waals surface area contributed by atoms with Gasteiger partial charge in [-0.1, -0.05) is 19.9 Å². The Balaban J connectivity index is 1.82. The van der Waals surface area contributed by atoms with Crippen molar-refractivity contribution in [1.29, 1.82) is 0 Å². The largest absolute Gasteiger partial charge is 0.466 e. The van der Waals surface area contributed by atoms with Crippen molar-refractivity contribution in [2.24, 2.45) is 11.1 Å². The van der Waals surface area contributed by atoms with Crippen LogP contribution in [0.5, 0.6) is 0 Å². The maximum absolute atomic E-state index is 12.7. The molecule has 6 heteroatoms. The molecular weight excluding hydrogens is 318 g/mol. The van der Waals surface area contributed by atoms with Crippen molar-refractivity contribution >= 4 is 17.6 Å². The standard InChI is InChI=1S/C19H23N3O3/c1-11-7-14-15(9-19(2,3)10-16(14)25-11)22-17(23)12-5-4-6-13(8-12)21-18(20)24/h4-8,15H,9-10H2,1-3H3,(H,22,23)(H3,20,21,24). The number of carbonyl (C=O) groups excluding carboxylic acids is 2. The third-order valence-corrected chi connectivity index (χ3v) is 4.43. The molecule has 3 rings (SSSR count). The number of furan rings is 1. The van der Waals surface area contributed by atoms with Crippen molar-refractivity contribution in [3.05, 3.63) is 53.0 Å². The average Bonchev–Trinajstić information content (AvgIpc) is 2.85. The average molecular weight is 341 g/mol. The smallest absolute Gasteiger partial charge is 0.316 e. The van der Waals surface area contributed by atoms with Crippen LogP contribution in [0.3, 0.4) is 0 Å². The lowest BCUT2D eigenvalue weighted by Gasteiger charge is -2.34. The first kappa shape index (κ1) is 17.1. The van der Waals surface area contributed by atoms with E-state index in [9.17, 15) is 9.59 Å². The second kappa shape index (κ2) is 6.27. The second-order valence-electron chi connectivity index (χ2n) is 7.38. The van der Waals surface area contributed by atoms with Crippen LogP contribution >= 0.6 is 0 Å². The molecule has 1 atom stereocenters. The Kier molecular flexibility index (Phi) is 4.29. The van der Waals surface area contributed by atoms with E-state index in [1.54, 1.807) is 24.3 Å². The van der Waals surface area contributed by atoms with Gasteiger partial charge in [0.15, 0.2) is 0 Å². The Morgan fingerprint density at radius 3 is 2.76 bits per heavy atom. The predicted octanol–water partition coefficient (Wildman–Crippen LogP) is 3.52. The Morgan fingerprint density at radius 2 is 2.04 bits per heavy atom. The number of primary amides is 1. The van der Waals surface area contributed by atoms with Gasteiger partial charge in [0.25, 0.3) is 5.91 Å². The van der Waals surface area contributed by atoms with Crippen molar-refractivity contribution in [1.82, 2.24) is 5.32 Å². The number of nitrogens with one attached hydrogen (secondary N) is 2. The quantitative estimate of drug-likeness (QED) is 0.796. The number of nitrogens with two attached hydrogens (primary N) is 1. The van der Waals surface area contributed by atoms with Gasteiger partial charge in [-0.15, -0.1) is 0 Å². The first-order valence-corrected chi connectivity index (χ1v) is 8.30. The molecule has 2 aromatic rings. The highest BCUT2D eigenvalue weighted by Gasteiger charge is 2.35. The first-order valence-electron chi connectivity index (χ1n) is 8.30. The molecule has 0 radical (unpaired) electrons. The zero-order valence-electron chi connectivity index (χ0n) is 14.7. The molecule has 0 spiro atoms. The summed E-state index contributed by atoms with van der Waals surface area (Å²) in [6.07, 6.45) is 1.70. The minimum absolute atomic E-state index is 0.0462. The lowest BCUT2D eigenvalue weighted by molar-refractivity contribution is 0.0917. The van der Waals surface area contributed by atoms with Gasteiger partial charge in [-0.05, 0) is 43.0 Å². The molecule has 6 nitrogen and oxygen atoms in total. The number of rotatable bonds is 3. The van der Waals surface area contributed by atoms with Crippen molar-refractivity contribution < 1.29 is 14.0 Å². The number of carbonyl (C=O) groups is 2. The van der Waals surface area contributed by atoms with Crippen LogP contribution in [-0.2, 0) is 6.42 Å². The van der Waals surface area contributed by atoms with Crippen LogP contribution in [0.15, 0.2) is 34.7 Å².